The standard InChI is InChI=1S/C15H19N3O/c1-11-2-3-14-17-13(9-15(19)18(14)10-11)8-12-4-6-16-7-5-12/h2-3,9-10,12,16H,4-8H2,1H3. The Morgan fingerprint density at radius 1 is 1.37 bits per heavy atom. The number of aryl methyl sites for hydroxylation is 1. The molecule has 0 amide bonds. The number of nitrogens with zero attached hydrogens (tertiary/aromatic N) is 2. The highest BCUT2D eigenvalue weighted by Gasteiger charge is 2.15. The monoisotopic (exact) mass is 257 g/mol. The number of aromatic nitrogens is 2. The van der Waals surface area contributed by atoms with Crippen molar-refractivity contribution in [3.8, 4) is 0 Å². The van der Waals surface area contributed by atoms with Crippen LogP contribution in [0, 0.1) is 12.8 Å². The predicted molar refractivity (Wildman–Crippen MR) is 75.5 cm³/mol. The molecule has 1 fully saturated rings. The molecular formula is C15H19N3O. The molecule has 0 unspecified atom stereocenters. The van der Waals surface area contributed by atoms with Crippen molar-refractivity contribution in [3.05, 3.63) is 46.0 Å². The summed E-state index contributed by atoms with van der Waals surface area (Å²) in [5, 5.41) is 3.36. The van der Waals surface area contributed by atoms with Crippen molar-refractivity contribution in [2.24, 2.45) is 5.92 Å². The zero-order valence-corrected chi connectivity index (χ0v) is 11.2. The molecule has 0 radical (unpaired) electrons. The zero-order chi connectivity index (χ0) is 13.2. The average Bonchev–Trinajstić information content (AvgIpc) is 2.41. The molecular weight excluding hydrogens is 238 g/mol. The molecule has 0 atom stereocenters. The van der Waals surface area contributed by atoms with Crippen LogP contribution in [0.4, 0.5) is 0 Å². The van der Waals surface area contributed by atoms with Gasteiger partial charge in [-0.25, -0.2) is 4.98 Å². The number of hydrogen-bond donors (Lipinski definition) is 1. The minimum Gasteiger partial charge on any atom is -0.317 e. The van der Waals surface area contributed by atoms with Crippen LogP contribution in [-0.4, -0.2) is 22.5 Å². The van der Waals surface area contributed by atoms with E-state index in [2.05, 4.69) is 10.3 Å². The van der Waals surface area contributed by atoms with Gasteiger partial charge in [-0.2, -0.15) is 0 Å². The summed E-state index contributed by atoms with van der Waals surface area (Å²) in [6.45, 7) is 4.14. The second kappa shape index (κ2) is 5.13. The van der Waals surface area contributed by atoms with Crippen molar-refractivity contribution in [1.82, 2.24) is 14.7 Å². The number of rotatable bonds is 2. The van der Waals surface area contributed by atoms with Crippen molar-refractivity contribution < 1.29 is 0 Å². The van der Waals surface area contributed by atoms with Gasteiger partial charge in [0.05, 0.1) is 0 Å². The lowest BCUT2D eigenvalue weighted by atomic mass is 9.93. The molecule has 4 nitrogen and oxygen atoms in total. The van der Waals surface area contributed by atoms with Crippen molar-refractivity contribution >= 4 is 5.65 Å². The minimum atomic E-state index is 0.0256. The first-order valence-electron chi connectivity index (χ1n) is 6.92. The molecule has 0 spiro atoms. The molecule has 3 rings (SSSR count). The van der Waals surface area contributed by atoms with Gasteiger partial charge in [0, 0.05) is 18.0 Å². The van der Waals surface area contributed by atoms with Crippen LogP contribution in [0.1, 0.15) is 24.1 Å². The van der Waals surface area contributed by atoms with Gasteiger partial charge in [-0.05, 0) is 56.8 Å². The Balaban J connectivity index is 1.92. The van der Waals surface area contributed by atoms with E-state index >= 15 is 0 Å². The molecule has 2 aromatic rings. The van der Waals surface area contributed by atoms with E-state index in [1.807, 2.05) is 25.3 Å². The van der Waals surface area contributed by atoms with Gasteiger partial charge < -0.3 is 5.32 Å². The van der Waals surface area contributed by atoms with Crippen molar-refractivity contribution in [3.63, 3.8) is 0 Å². The molecule has 3 heterocycles. The van der Waals surface area contributed by atoms with Crippen LogP contribution in [0.25, 0.3) is 5.65 Å². The SMILES string of the molecule is Cc1ccc2nc(CC3CCNCC3)cc(=O)n2c1. The molecule has 19 heavy (non-hydrogen) atoms. The molecule has 1 aliphatic rings. The molecule has 0 bridgehead atoms. The first-order chi connectivity index (χ1) is 9.22. The van der Waals surface area contributed by atoms with Gasteiger partial charge in [0.1, 0.15) is 5.65 Å². The van der Waals surface area contributed by atoms with E-state index < -0.39 is 0 Å². The molecule has 1 saturated heterocycles. The highest BCUT2D eigenvalue weighted by molar-refractivity contribution is 5.39. The Morgan fingerprint density at radius 2 is 2.16 bits per heavy atom. The lowest BCUT2D eigenvalue weighted by Crippen LogP contribution is -2.29. The maximum Gasteiger partial charge on any atom is 0.258 e. The zero-order valence-electron chi connectivity index (χ0n) is 11.2. The molecule has 0 aliphatic carbocycles. The smallest absolute Gasteiger partial charge is 0.258 e. The van der Waals surface area contributed by atoms with E-state index in [9.17, 15) is 4.79 Å². The number of fused-ring (bicyclic) bond motifs is 1. The Labute approximate surface area is 112 Å². The Kier molecular flexibility index (Phi) is 3.34. The van der Waals surface area contributed by atoms with Gasteiger partial charge in [-0.1, -0.05) is 6.07 Å². The van der Waals surface area contributed by atoms with Crippen LogP contribution in [0.2, 0.25) is 0 Å². The van der Waals surface area contributed by atoms with Gasteiger partial charge in [0.25, 0.3) is 5.56 Å². The highest BCUT2D eigenvalue weighted by Crippen LogP contribution is 2.16. The number of piperidine rings is 1. The summed E-state index contributed by atoms with van der Waals surface area (Å²) < 4.78 is 1.63. The summed E-state index contributed by atoms with van der Waals surface area (Å²) in [5.74, 6) is 0.654. The first-order valence-corrected chi connectivity index (χ1v) is 6.92. The quantitative estimate of drug-likeness (QED) is 0.888. The molecule has 1 N–H and O–H groups in total. The summed E-state index contributed by atoms with van der Waals surface area (Å²) in [7, 11) is 0. The largest absolute Gasteiger partial charge is 0.317 e. The van der Waals surface area contributed by atoms with E-state index in [1.165, 1.54) is 12.8 Å². The fourth-order valence-electron chi connectivity index (χ4n) is 2.74. The Morgan fingerprint density at radius 3 is 2.95 bits per heavy atom. The van der Waals surface area contributed by atoms with Crippen LogP contribution in [0.15, 0.2) is 29.2 Å². The van der Waals surface area contributed by atoms with Crippen LogP contribution in [0.3, 0.4) is 0 Å². The van der Waals surface area contributed by atoms with E-state index in [0.29, 0.717) is 5.92 Å². The lowest BCUT2D eigenvalue weighted by Gasteiger charge is -2.22. The van der Waals surface area contributed by atoms with Gasteiger partial charge in [0.2, 0.25) is 0 Å². The van der Waals surface area contributed by atoms with Crippen LogP contribution in [0.5, 0.6) is 0 Å². The van der Waals surface area contributed by atoms with Crippen molar-refractivity contribution in [2.75, 3.05) is 13.1 Å². The maximum atomic E-state index is 12.1. The summed E-state index contributed by atoms with van der Waals surface area (Å²) >= 11 is 0. The molecule has 100 valence electrons. The summed E-state index contributed by atoms with van der Waals surface area (Å²) in [4.78, 5) is 16.7. The predicted octanol–water partition coefficient (Wildman–Crippen LogP) is 1.55. The average molecular weight is 257 g/mol. The second-order valence-electron chi connectivity index (χ2n) is 5.42. The third-order valence-electron chi connectivity index (χ3n) is 3.82. The minimum absolute atomic E-state index is 0.0256. The summed E-state index contributed by atoms with van der Waals surface area (Å²) in [6, 6.07) is 5.60. The van der Waals surface area contributed by atoms with E-state index in [1.54, 1.807) is 10.5 Å². The van der Waals surface area contributed by atoms with Crippen LogP contribution >= 0.6 is 0 Å². The van der Waals surface area contributed by atoms with Gasteiger partial charge in [-0.15, -0.1) is 0 Å². The molecule has 0 aromatic carbocycles. The summed E-state index contributed by atoms with van der Waals surface area (Å²) in [6.07, 6.45) is 5.12. The normalized spacial score (nSPS) is 16.9. The van der Waals surface area contributed by atoms with Gasteiger partial charge in [-0.3, -0.25) is 9.20 Å². The van der Waals surface area contributed by atoms with E-state index in [4.69, 9.17) is 0 Å². The van der Waals surface area contributed by atoms with E-state index in [-0.39, 0.29) is 5.56 Å². The fourth-order valence-corrected chi connectivity index (χ4v) is 2.74. The number of hydrogen-bond acceptors (Lipinski definition) is 3. The molecule has 2 aromatic heterocycles. The van der Waals surface area contributed by atoms with E-state index in [0.717, 1.165) is 36.4 Å². The maximum absolute atomic E-state index is 12.1. The molecule has 1 aliphatic heterocycles. The van der Waals surface area contributed by atoms with Crippen molar-refractivity contribution in [2.45, 2.75) is 26.2 Å². The third kappa shape index (κ3) is 2.68. The summed E-state index contributed by atoms with van der Waals surface area (Å²) in [5.41, 5.74) is 2.78. The van der Waals surface area contributed by atoms with Gasteiger partial charge >= 0.3 is 0 Å². The topological polar surface area (TPSA) is 46.4 Å². The highest BCUT2D eigenvalue weighted by atomic mass is 16.1. The Hall–Kier alpha value is -1.68. The molecule has 0 saturated carbocycles. The first kappa shape index (κ1) is 12.4. The van der Waals surface area contributed by atoms with Crippen molar-refractivity contribution in [1.29, 1.82) is 0 Å². The number of nitrogens with one attached hydrogen (secondary N) is 1. The second-order valence-corrected chi connectivity index (χ2v) is 5.42. The van der Waals surface area contributed by atoms with Crippen LogP contribution in [-0.2, 0) is 6.42 Å². The van der Waals surface area contributed by atoms with Gasteiger partial charge in [0.15, 0.2) is 0 Å². The lowest BCUT2D eigenvalue weighted by molar-refractivity contribution is 0.370. The molecule has 4 heteroatoms. The number of pyridine rings is 1. The Bertz CT molecular complexity index is 641. The van der Waals surface area contributed by atoms with Crippen LogP contribution < -0.4 is 10.9 Å². The third-order valence-corrected chi connectivity index (χ3v) is 3.82. The fraction of sp³-hybridized carbons (Fsp3) is 0.467.